The highest BCUT2D eigenvalue weighted by Crippen LogP contribution is 2.19. The minimum Gasteiger partial charge on any atom is -0.494 e. The molecule has 0 aliphatic carbocycles. The first-order chi connectivity index (χ1) is 17.1. The van der Waals surface area contributed by atoms with Gasteiger partial charge < -0.3 is 9.57 Å². The molecular formula is C31H43NO3. The van der Waals surface area contributed by atoms with Crippen molar-refractivity contribution in [1.82, 2.24) is 0 Å². The molecule has 4 heteroatoms. The Morgan fingerprint density at radius 1 is 0.857 bits per heavy atom. The summed E-state index contributed by atoms with van der Waals surface area (Å²) >= 11 is 0. The van der Waals surface area contributed by atoms with Crippen molar-refractivity contribution in [2.75, 3.05) is 6.61 Å². The number of unbranched alkanes of at least 4 members (excludes halogenated alkanes) is 7. The Balaban J connectivity index is 1.77. The molecule has 0 saturated heterocycles. The van der Waals surface area contributed by atoms with Crippen molar-refractivity contribution in [3.63, 3.8) is 0 Å². The van der Waals surface area contributed by atoms with Crippen LogP contribution in [-0.2, 0) is 9.63 Å². The van der Waals surface area contributed by atoms with Gasteiger partial charge in [0.2, 0.25) is 0 Å². The van der Waals surface area contributed by atoms with Crippen molar-refractivity contribution in [1.29, 1.82) is 0 Å². The van der Waals surface area contributed by atoms with E-state index in [1.54, 1.807) is 6.21 Å². The number of benzene rings is 2. The highest BCUT2D eigenvalue weighted by molar-refractivity contribution is 5.94. The van der Waals surface area contributed by atoms with Gasteiger partial charge in [0.25, 0.3) is 0 Å². The van der Waals surface area contributed by atoms with E-state index in [1.165, 1.54) is 44.9 Å². The molecule has 0 heterocycles. The number of hydrogen-bond donors (Lipinski definition) is 0. The minimum atomic E-state index is -0.407. The largest absolute Gasteiger partial charge is 0.494 e. The zero-order valence-corrected chi connectivity index (χ0v) is 21.9. The predicted octanol–water partition coefficient (Wildman–Crippen LogP) is 8.60. The van der Waals surface area contributed by atoms with E-state index in [-0.39, 0.29) is 0 Å². The Morgan fingerprint density at radius 2 is 1.51 bits per heavy atom. The summed E-state index contributed by atoms with van der Waals surface area (Å²) in [5.74, 6) is 0.833. The van der Waals surface area contributed by atoms with Crippen LogP contribution in [-0.4, -0.2) is 18.8 Å². The van der Waals surface area contributed by atoms with E-state index in [2.05, 4.69) is 25.9 Å². The van der Waals surface area contributed by atoms with Gasteiger partial charge in [-0.2, -0.15) is 0 Å². The smallest absolute Gasteiger partial charge is 0.361 e. The van der Waals surface area contributed by atoms with Crippen LogP contribution in [0.5, 0.6) is 5.75 Å². The predicted molar refractivity (Wildman–Crippen MR) is 147 cm³/mol. The van der Waals surface area contributed by atoms with Crippen LogP contribution in [0.25, 0.3) is 6.08 Å². The van der Waals surface area contributed by atoms with Gasteiger partial charge in [0, 0.05) is 5.57 Å². The number of rotatable bonds is 17. The molecule has 0 spiro atoms. The molecular weight excluding hydrogens is 434 g/mol. The van der Waals surface area contributed by atoms with Crippen LogP contribution in [0.4, 0.5) is 0 Å². The Kier molecular flexibility index (Phi) is 14.2. The Hall–Kier alpha value is -2.88. The Labute approximate surface area is 212 Å². The fourth-order valence-corrected chi connectivity index (χ4v) is 3.74. The molecule has 2 rings (SSSR count). The van der Waals surface area contributed by atoms with Crippen molar-refractivity contribution in [2.24, 2.45) is 11.1 Å². The maximum atomic E-state index is 12.7. The van der Waals surface area contributed by atoms with Crippen LogP contribution in [0, 0.1) is 5.92 Å². The van der Waals surface area contributed by atoms with Crippen LogP contribution >= 0.6 is 0 Å². The third-order valence-electron chi connectivity index (χ3n) is 6.15. The molecule has 0 bridgehead atoms. The van der Waals surface area contributed by atoms with Gasteiger partial charge >= 0.3 is 5.97 Å². The summed E-state index contributed by atoms with van der Waals surface area (Å²) in [6.07, 6.45) is 15.4. The minimum absolute atomic E-state index is 0.389. The van der Waals surface area contributed by atoms with Crippen LogP contribution in [0.15, 0.2) is 65.3 Å². The van der Waals surface area contributed by atoms with E-state index < -0.39 is 5.97 Å². The van der Waals surface area contributed by atoms with Gasteiger partial charge in [-0.1, -0.05) is 108 Å². The van der Waals surface area contributed by atoms with Gasteiger partial charge in [-0.05, 0) is 60.2 Å². The van der Waals surface area contributed by atoms with E-state index in [9.17, 15) is 4.79 Å². The lowest BCUT2D eigenvalue weighted by Gasteiger charge is -2.10. The van der Waals surface area contributed by atoms with Gasteiger partial charge in [0.1, 0.15) is 5.75 Å². The third kappa shape index (κ3) is 12.4. The van der Waals surface area contributed by atoms with E-state index in [1.807, 2.05) is 60.7 Å². The number of nitrogens with zero attached hydrogens (tertiary/aromatic N) is 1. The SMILES string of the molecule is CCCCCCCCCCOc1ccc(C=NOC(=O)C(=Cc2ccccc2)CC(C)CC)cc1. The molecule has 190 valence electrons. The van der Waals surface area contributed by atoms with Gasteiger partial charge in [0.15, 0.2) is 0 Å². The second-order valence-electron chi connectivity index (χ2n) is 9.30. The van der Waals surface area contributed by atoms with E-state index >= 15 is 0 Å². The first-order valence-electron chi connectivity index (χ1n) is 13.4. The average Bonchev–Trinajstić information content (AvgIpc) is 2.88. The number of carbonyl (C=O) groups is 1. The molecule has 0 aliphatic heterocycles. The summed E-state index contributed by atoms with van der Waals surface area (Å²) in [7, 11) is 0. The summed E-state index contributed by atoms with van der Waals surface area (Å²) in [5, 5.41) is 3.93. The topological polar surface area (TPSA) is 47.9 Å². The fourth-order valence-electron chi connectivity index (χ4n) is 3.74. The quantitative estimate of drug-likeness (QED) is 0.0753. The van der Waals surface area contributed by atoms with Gasteiger partial charge in [0.05, 0.1) is 12.8 Å². The fraction of sp³-hybridized carbons (Fsp3) is 0.484. The maximum Gasteiger partial charge on any atom is 0.361 e. The number of ether oxygens (including phenoxy) is 1. The summed E-state index contributed by atoms with van der Waals surface area (Å²) in [6, 6.07) is 17.5. The number of oxime groups is 1. The Morgan fingerprint density at radius 3 is 2.17 bits per heavy atom. The van der Waals surface area contributed by atoms with Crippen LogP contribution < -0.4 is 4.74 Å². The van der Waals surface area contributed by atoms with Crippen molar-refractivity contribution in [2.45, 2.75) is 85.0 Å². The number of hydrogen-bond acceptors (Lipinski definition) is 4. The van der Waals surface area contributed by atoms with Crippen molar-refractivity contribution in [3.05, 3.63) is 71.3 Å². The second-order valence-corrected chi connectivity index (χ2v) is 9.30. The van der Waals surface area contributed by atoms with E-state index in [4.69, 9.17) is 9.57 Å². The second kappa shape index (κ2) is 17.5. The van der Waals surface area contributed by atoms with Crippen molar-refractivity contribution in [3.8, 4) is 5.75 Å². The van der Waals surface area contributed by atoms with E-state index in [0.717, 1.165) is 36.3 Å². The zero-order valence-electron chi connectivity index (χ0n) is 21.9. The van der Waals surface area contributed by atoms with Crippen LogP contribution in [0.1, 0.15) is 96.1 Å². The highest BCUT2D eigenvalue weighted by atomic mass is 16.7. The Bertz CT molecular complexity index is 887. The lowest BCUT2D eigenvalue weighted by Crippen LogP contribution is -2.08. The first-order valence-corrected chi connectivity index (χ1v) is 13.4. The molecule has 1 atom stereocenters. The molecule has 0 saturated carbocycles. The lowest BCUT2D eigenvalue weighted by molar-refractivity contribution is -0.139. The molecule has 35 heavy (non-hydrogen) atoms. The summed E-state index contributed by atoms with van der Waals surface area (Å²) in [5.41, 5.74) is 2.47. The standard InChI is InChI=1S/C31H43NO3/c1-4-6-7-8-9-10-11-15-22-34-30-20-18-28(19-21-30)25-32-35-31(33)29(23-26(3)5-2)24-27-16-13-12-14-17-27/h12-14,16-21,24-26H,4-11,15,22-23H2,1-3H3. The van der Waals surface area contributed by atoms with Crippen molar-refractivity contribution >= 4 is 18.3 Å². The summed E-state index contributed by atoms with van der Waals surface area (Å²) in [4.78, 5) is 17.9. The molecule has 0 fully saturated rings. The highest BCUT2D eigenvalue weighted by Gasteiger charge is 2.14. The molecule has 0 N–H and O–H groups in total. The molecule has 1 unspecified atom stereocenters. The molecule has 0 aliphatic rings. The summed E-state index contributed by atoms with van der Waals surface area (Å²) in [6.45, 7) is 7.25. The zero-order chi connectivity index (χ0) is 25.1. The molecule has 0 aromatic heterocycles. The van der Waals surface area contributed by atoms with Gasteiger partial charge in [-0.25, -0.2) is 4.79 Å². The van der Waals surface area contributed by atoms with Gasteiger partial charge in [-0.3, -0.25) is 0 Å². The maximum absolute atomic E-state index is 12.7. The lowest BCUT2D eigenvalue weighted by atomic mass is 9.97. The monoisotopic (exact) mass is 477 g/mol. The van der Waals surface area contributed by atoms with Crippen LogP contribution in [0.2, 0.25) is 0 Å². The molecule has 2 aromatic rings. The van der Waals surface area contributed by atoms with Crippen LogP contribution in [0.3, 0.4) is 0 Å². The number of carbonyl (C=O) groups excluding carboxylic acids is 1. The molecule has 0 radical (unpaired) electrons. The first kappa shape index (κ1) is 28.4. The molecule has 4 nitrogen and oxygen atoms in total. The summed E-state index contributed by atoms with van der Waals surface area (Å²) < 4.78 is 5.85. The molecule has 2 aromatic carbocycles. The third-order valence-corrected chi connectivity index (χ3v) is 6.15. The molecule has 0 amide bonds. The average molecular weight is 478 g/mol. The van der Waals surface area contributed by atoms with Gasteiger partial charge in [-0.15, -0.1) is 0 Å². The van der Waals surface area contributed by atoms with Crippen molar-refractivity contribution < 1.29 is 14.4 Å². The van der Waals surface area contributed by atoms with E-state index in [0.29, 0.717) is 17.9 Å². The normalized spacial score (nSPS) is 12.6.